The topological polar surface area (TPSA) is 53.2 Å². The Balaban J connectivity index is 3.09. The number of hydrogen-bond acceptors (Lipinski definition) is 2. The number of carbonyl (C=O) groups excluding carboxylic acids is 1. The molecule has 0 aromatic carbocycles. The molecule has 1 heterocycles. The molecule has 0 aliphatic rings. The van der Waals surface area contributed by atoms with E-state index in [4.69, 9.17) is 0 Å². The van der Waals surface area contributed by atoms with Gasteiger partial charge >= 0.3 is 0 Å². The molecule has 0 saturated heterocycles. The molecule has 0 unspecified atom stereocenters. The van der Waals surface area contributed by atoms with E-state index in [0.29, 0.717) is 16.7 Å². The summed E-state index contributed by atoms with van der Waals surface area (Å²) in [4.78, 5) is 27.8. The van der Waals surface area contributed by atoms with Gasteiger partial charge in [0.1, 0.15) is 5.56 Å². The number of carbonyl (C=O) groups is 1. The van der Waals surface area contributed by atoms with Crippen molar-refractivity contribution in [3.63, 3.8) is 0 Å². The monoisotopic (exact) mass is 298 g/mol. The van der Waals surface area contributed by atoms with Gasteiger partial charge in [0, 0.05) is 23.8 Å². The summed E-state index contributed by atoms with van der Waals surface area (Å²) in [5, 5.41) is 0. The van der Waals surface area contributed by atoms with Crippen LogP contribution in [0.15, 0.2) is 27.5 Å². The minimum Gasteiger partial charge on any atom is -0.338 e. The first-order valence-corrected chi connectivity index (χ1v) is 5.91. The van der Waals surface area contributed by atoms with E-state index in [9.17, 15) is 9.59 Å². The molecule has 92 valence electrons. The Morgan fingerprint density at radius 3 is 2.71 bits per heavy atom. The molecule has 17 heavy (non-hydrogen) atoms. The fourth-order valence-corrected chi connectivity index (χ4v) is 1.77. The first-order valence-electron chi connectivity index (χ1n) is 5.12. The van der Waals surface area contributed by atoms with Crippen LogP contribution in [-0.4, -0.2) is 29.4 Å². The summed E-state index contributed by atoms with van der Waals surface area (Å²) >= 11 is 3.29. The Bertz CT molecular complexity index is 520. The summed E-state index contributed by atoms with van der Waals surface area (Å²) in [5.41, 5.74) is 1.33. The van der Waals surface area contributed by atoms with Crippen molar-refractivity contribution in [3.05, 3.63) is 44.3 Å². The quantitative estimate of drug-likeness (QED) is 0.869. The van der Waals surface area contributed by atoms with Crippen molar-refractivity contribution in [1.29, 1.82) is 0 Å². The second-order valence-corrected chi connectivity index (χ2v) is 4.96. The lowest BCUT2D eigenvalue weighted by Gasteiger charge is -2.16. The van der Waals surface area contributed by atoms with Crippen molar-refractivity contribution in [2.24, 2.45) is 0 Å². The Morgan fingerprint density at radius 1 is 1.59 bits per heavy atom. The molecule has 1 rings (SSSR count). The van der Waals surface area contributed by atoms with Gasteiger partial charge in [0.25, 0.3) is 11.5 Å². The van der Waals surface area contributed by atoms with Gasteiger partial charge in [-0.2, -0.15) is 0 Å². The summed E-state index contributed by atoms with van der Waals surface area (Å²) < 4.78 is 0.712. The summed E-state index contributed by atoms with van der Waals surface area (Å²) in [6.45, 7) is 7.76. The van der Waals surface area contributed by atoms with Gasteiger partial charge in [-0.25, -0.2) is 0 Å². The van der Waals surface area contributed by atoms with Gasteiger partial charge in [0.15, 0.2) is 0 Å². The molecule has 0 aliphatic carbocycles. The zero-order valence-corrected chi connectivity index (χ0v) is 11.7. The molecule has 1 aromatic rings. The van der Waals surface area contributed by atoms with E-state index in [1.165, 1.54) is 4.90 Å². The number of nitrogens with one attached hydrogen (secondary N) is 1. The lowest BCUT2D eigenvalue weighted by molar-refractivity contribution is 0.0805. The van der Waals surface area contributed by atoms with Crippen molar-refractivity contribution in [1.82, 2.24) is 9.88 Å². The van der Waals surface area contributed by atoms with E-state index in [2.05, 4.69) is 27.5 Å². The fourth-order valence-electron chi connectivity index (χ4n) is 1.44. The Kier molecular flexibility index (Phi) is 4.28. The van der Waals surface area contributed by atoms with Gasteiger partial charge in [0.05, 0.1) is 0 Å². The highest BCUT2D eigenvalue weighted by molar-refractivity contribution is 9.10. The number of rotatable bonds is 3. The van der Waals surface area contributed by atoms with Crippen LogP contribution in [0.2, 0.25) is 0 Å². The van der Waals surface area contributed by atoms with Crippen LogP contribution in [0.3, 0.4) is 0 Å². The number of pyridine rings is 1. The van der Waals surface area contributed by atoms with Crippen molar-refractivity contribution in [2.45, 2.75) is 13.8 Å². The van der Waals surface area contributed by atoms with E-state index < -0.39 is 0 Å². The molecule has 0 radical (unpaired) electrons. The van der Waals surface area contributed by atoms with Gasteiger partial charge in [-0.05, 0) is 35.8 Å². The molecule has 0 aliphatic heterocycles. The third-order valence-corrected chi connectivity index (χ3v) is 3.08. The number of aryl methyl sites for hydroxylation is 1. The Morgan fingerprint density at radius 2 is 2.18 bits per heavy atom. The molecule has 1 amide bonds. The first kappa shape index (κ1) is 13.7. The molecule has 4 nitrogen and oxygen atoms in total. The average Bonchev–Trinajstić information content (AvgIpc) is 2.21. The SMILES string of the molecule is C=C(C)CN(C)C(=O)c1cc(Br)c(C)[nH]c1=O. The highest BCUT2D eigenvalue weighted by Crippen LogP contribution is 2.13. The smallest absolute Gasteiger partial charge is 0.261 e. The van der Waals surface area contributed by atoms with Gasteiger partial charge in [-0.1, -0.05) is 12.2 Å². The maximum Gasteiger partial charge on any atom is 0.261 e. The zero-order valence-electron chi connectivity index (χ0n) is 10.1. The van der Waals surface area contributed by atoms with Crippen LogP contribution in [0.5, 0.6) is 0 Å². The summed E-state index contributed by atoms with van der Waals surface area (Å²) in [5.74, 6) is -0.310. The van der Waals surface area contributed by atoms with Crippen LogP contribution in [0, 0.1) is 6.92 Å². The maximum absolute atomic E-state index is 12.0. The zero-order chi connectivity index (χ0) is 13.2. The van der Waals surface area contributed by atoms with E-state index in [1.807, 2.05) is 6.92 Å². The molecule has 0 atom stereocenters. The Hall–Kier alpha value is -1.36. The number of nitrogens with zero attached hydrogens (tertiary/aromatic N) is 1. The van der Waals surface area contributed by atoms with E-state index in [1.54, 1.807) is 20.0 Å². The van der Waals surface area contributed by atoms with Crippen LogP contribution in [-0.2, 0) is 0 Å². The predicted octanol–water partition coefficient (Wildman–Crippen LogP) is 2.09. The van der Waals surface area contributed by atoms with Gasteiger partial charge < -0.3 is 9.88 Å². The number of amides is 1. The van der Waals surface area contributed by atoms with Gasteiger partial charge in [-0.15, -0.1) is 0 Å². The van der Waals surface area contributed by atoms with Crippen LogP contribution in [0.4, 0.5) is 0 Å². The third-order valence-electron chi connectivity index (χ3n) is 2.26. The predicted molar refractivity (Wildman–Crippen MR) is 71.3 cm³/mol. The average molecular weight is 299 g/mol. The molecule has 0 fully saturated rings. The van der Waals surface area contributed by atoms with Crippen molar-refractivity contribution in [2.75, 3.05) is 13.6 Å². The summed E-state index contributed by atoms with van der Waals surface area (Å²) in [6, 6.07) is 1.55. The standard InChI is InChI=1S/C12H15BrN2O2/c1-7(2)6-15(4)12(17)9-5-10(13)8(3)14-11(9)16/h5H,1,6H2,2-4H3,(H,14,16). The molecule has 0 saturated carbocycles. The number of likely N-dealkylation sites (N-methyl/N-ethyl adjacent to an activating group) is 1. The highest BCUT2D eigenvalue weighted by atomic mass is 79.9. The second kappa shape index (κ2) is 5.31. The second-order valence-electron chi connectivity index (χ2n) is 4.10. The van der Waals surface area contributed by atoms with Gasteiger partial charge in [-0.3, -0.25) is 9.59 Å². The molecule has 0 spiro atoms. The Labute approximate surface area is 108 Å². The number of halogens is 1. The summed E-state index contributed by atoms with van der Waals surface area (Å²) in [6.07, 6.45) is 0. The van der Waals surface area contributed by atoms with E-state index in [-0.39, 0.29) is 17.0 Å². The minimum absolute atomic E-state index is 0.131. The van der Waals surface area contributed by atoms with Crippen molar-refractivity contribution in [3.8, 4) is 0 Å². The number of aromatic amines is 1. The van der Waals surface area contributed by atoms with Gasteiger partial charge in [0.2, 0.25) is 0 Å². The van der Waals surface area contributed by atoms with Crippen LogP contribution < -0.4 is 5.56 Å². The number of H-pyrrole nitrogens is 1. The fraction of sp³-hybridized carbons (Fsp3) is 0.333. The van der Waals surface area contributed by atoms with E-state index in [0.717, 1.165) is 5.57 Å². The summed E-state index contributed by atoms with van der Waals surface area (Å²) in [7, 11) is 1.64. The van der Waals surface area contributed by atoms with Crippen LogP contribution >= 0.6 is 15.9 Å². The van der Waals surface area contributed by atoms with Crippen molar-refractivity contribution >= 4 is 21.8 Å². The van der Waals surface area contributed by atoms with Crippen molar-refractivity contribution < 1.29 is 4.79 Å². The van der Waals surface area contributed by atoms with Crippen LogP contribution in [0.1, 0.15) is 23.0 Å². The lowest BCUT2D eigenvalue weighted by Crippen LogP contribution is -2.32. The highest BCUT2D eigenvalue weighted by Gasteiger charge is 2.16. The largest absolute Gasteiger partial charge is 0.338 e. The third kappa shape index (κ3) is 3.30. The molecule has 1 N–H and O–H groups in total. The minimum atomic E-state index is -0.371. The number of aromatic nitrogens is 1. The molecule has 5 heteroatoms. The molecular formula is C12H15BrN2O2. The molecule has 0 bridgehead atoms. The molecule has 1 aromatic heterocycles. The molecular weight excluding hydrogens is 284 g/mol. The van der Waals surface area contributed by atoms with Crippen LogP contribution in [0.25, 0.3) is 0 Å². The van der Waals surface area contributed by atoms with E-state index >= 15 is 0 Å². The lowest BCUT2D eigenvalue weighted by atomic mass is 10.2. The maximum atomic E-state index is 12.0. The first-order chi connectivity index (χ1) is 7.82. The normalized spacial score (nSPS) is 10.1. The number of hydrogen-bond donors (Lipinski definition) is 1.